The van der Waals surface area contributed by atoms with Gasteiger partial charge < -0.3 is 9.80 Å². The lowest BCUT2D eigenvalue weighted by molar-refractivity contribution is 0.0746. The van der Waals surface area contributed by atoms with Gasteiger partial charge in [0.1, 0.15) is 5.82 Å². The van der Waals surface area contributed by atoms with Crippen molar-refractivity contribution in [2.75, 3.05) is 31.1 Å². The third-order valence-corrected chi connectivity index (χ3v) is 3.41. The maximum absolute atomic E-state index is 12.8. The highest BCUT2D eigenvalue weighted by Crippen LogP contribution is 2.13. The molecule has 3 rings (SSSR count). The second kappa shape index (κ2) is 5.82. The SMILES string of the molecule is O=C(c1ccc(F)nc1)N1CCN(c2cnccn2)CC1. The molecule has 1 saturated heterocycles. The zero-order chi connectivity index (χ0) is 14.7. The molecular formula is C14H14FN5O. The smallest absolute Gasteiger partial charge is 0.255 e. The summed E-state index contributed by atoms with van der Waals surface area (Å²) in [6.45, 7) is 2.57. The number of rotatable bonds is 2. The Kier molecular flexibility index (Phi) is 3.72. The highest BCUT2D eigenvalue weighted by Gasteiger charge is 2.23. The number of pyridine rings is 1. The molecule has 2 aromatic rings. The second-order valence-corrected chi connectivity index (χ2v) is 4.71. The summed E-state index contributed by atoms with van der Waals surface area (Å²) in [6, 6.07) is 2.66. The first kappa shape index (κ1) is 13.4. The van der Waals surface area contributed by atoms with Crippen LogP contribution in [0.15, 0.2) is 36.9 Å². The van der Waals surface area contributed by atoms with Crippen LogP contribution in [0.5, 0.6) is 0 Å². The van der Waals surface area contributed by atoms with Crippen LogP contribution < -0.4 is 4.90 Å². The Labute approximate surface area is 121 Å². The Morgan fingerprint density at radius 1 is 1.05 bits per heavy atom. The normalized spacial score (nSPS) is 15.1. The van der Waals surface area contributed by atoms with Gasteiger partial charge in [-0.3, -0.25) is 9.78 Å². The molecule has 2 aromatic heterocycles. The van der Waals surface area contributed by atoms with Crippen LogP contribution in [-0.4, -0.2) is 51.9 Å². The van der Waals surface area contributed by atoms with Gasteiger partial charge in [0.2, 0.25) is 5.95 Å². The Morgan fingerprint density at radius 2 is 1.86 bits per heavy atom. The van der Waals surface area contributed by atoms with Crippen LogP contribution in [-0.2, 0) is 0 Å². The van der Waals surface area contributed by atoms with Gasteiger partial charge in [-0.1, -0.05) is 0 Å². The zero-order valence-corrected chi connectivity index (χ0v) is 11.3. The first-order chi connectivity index (χ1) is 10.2. The lowest BCUT2D eigenvalue weighted by Gasteiger charge is -2.35. The topological polar surface area (TPSA) is 62.2 Å². The molecule has 3 heterocycles. The van der Waals surface area contributed by atoms with Crippen molar-refractivity contribution in [2.45, 2.75) is 0 Å². The van der Waals surface area contributed by atoms with Crippen molar-refractivity contribution in [3.05, 3.63) is 48.4 Å². The van der Waals surface area contributed by atoms with Crippen LogP contribution in [0.1, 0.15) is 10.4 Å². The molecule has 0 unspecified atom stereocenters. The number of amides is 1. The number of aromatic nitrogens is 3. The number of halogens is 1. The summed E-state index contributed by atoms with van der Waals surface area (Å²) in [7, 11) is 0. The summed E-state index contributed by atoms with van der Waals surface area (Å²) in [4.78, 5) is 27.9. The molecule has 1 amide bonds. The number of hydrogen-bond donors (Lipinski definition) is 0. The quantitative estimate of drug-likeness (QED) is 0.770. The Bertz CT molecular complexity index is 611. The van der Waals surface area contributed by atoms with E-state index in [1.165, 1.54) is 18.3 Å². The number of anilines is 1. The number of nitrogens with zero attached hydrogens (tertiary/aromatic N) is 5. The first-order valence-electron chi connectivity index (χ1n) is 6.66. The molecule has 0 aliphatic carbocycles. The molecular weight excluding hydrogens is 273 g/mol. The van der Waals surface area contributed by atoms with Gasteiger partial charge in [-0.05, 0) is 12.1 Å². The van der Waals surface area contributed by atoms with E-state index in [-0.39, 0.29) is 5.91 Å². The van der Waals surface area contributed by atoms with Crippen LogP contribution in [0.3, 0.4) is 0 Å². The van der Waals surface area contributed by atoms with Crippen molar-refractivity contribution in [2.24, 2.45) is 0 Å². The fourth-order valence-corrected chi connectivity index (χ4v) is 2.28. The molecule has 0 bridgehead atoms. The summed E-state index contributed by atoms with van der Waals surface area (Å²) in [5.41, 5.74) is 0.407. The van der Waals surface area contributed by atoms with Crippen molar-refractivity contribution >= 4 is 11.7 Å². The minimum absolute atomic E-state index is 0.124. The first-order valence-corrected chi connectivity index (χ1v) is 6.66. The van der Waals surface area contributed by atoms with Gasteiger partial charge in [0.05, 0.1) is 11.8 Å². The predicted octanol–water partition coefficient (Wildman–Crippen LogP) is 0.973. The number of hydrogen-bond acceptors (Lipinski definition) is 5. The molecule has 1 fully saturated rings. The van der Waals surface area contributed by atoms with E-state index >= 15 is 0 Å². The molecule has 0 radical (unpaired) electrons. The minimum atomic E-state index is -0.584. The lowest BCUT2D eigenvalue weighted by atomic mass is 10.2. The van der Waals surface area contributed by atoms with Crippen molar-refractivity contribution in [1.82, 2.24) is 19.9 Å². The second-order valence-electron chi connectivity index (χ2n) is 4.71. The van der Waals surface area contributed by atoms with E-state index in [1.807, 2.05) is 0 Å². The molecule has 6 nitrogen and oxygen atoms in total. The van der Waals surface area contributed by atoms with Gasteiger partial charge in [0.15, 0.2) is 0 Å². The number of carbonyl (C=O) groups excluding carboxylic acids is 1. The summed E-state index contributed by atoms with van der Waals surface area (Å²) >= 11 is 0. The van der Waals surface area contributed by atoms with Crippen molar-refractivity contribution in [1.29, 1.82) is 0 Å². The highest BCUT2D eigenvalue weighted by atomic mass is 19.1. The number of carbonyl (C=O) groups is 1. The zero-order valence-electron chi connectivity index (χ0n) is 11.3. The van der Waals surface area contributed by atoms with Gasteiger partial charge in [-0.2, -0.15) is 4.39 Å². The highest BCUT2D eigenvalue weighted by molar-refractivity contribution is 5.94. The number of piperazine rings is 1. The van der Waals surface area contributed by atoms with Crippen LogP contribution in [0.2, 0.25) is 0 Å². The van der Waals surface area contributed by atoms with E-state index in [0.29, 0.717) is 31.7 Å². The van der Waals surface area contributed by atoms with Crippen molar-refractivity contribution in [3.8, 4) is 0 Å². The Balaban J connectivity index is 1.63. The van der Waals surface area contributed by atoms with Gasteiger partial charge in [0, 0.05) is 44.8 Å². The minimum Gasteiger partial charge on any atom is -0.352 e. The third-order valence-electron chi connectivity index (χ3n) is 3.41. The summed E-state index contributed by atoms with van der Waals surface area (Å²) in [5, 5.41) is 0. The molecule has 1 aliphatic rings. The molecule has 108 valence electrons. The molecule has 0 saturated carbocycles. The largest absolute Gasteiger partial charge is 0.352 e. The van der Waals surface area contributed by atoms with Gasteiger partial charge >= 0.3 is 0 Å². The van der Waals surface area contributed by atoms with Gasteiger partial charge in [-0.25, -0.2) is 9.97 Å². The summed E-state index contributed by atoms with van der Waals surface area (Å²) < 4.78 is 12.8. The van der Waals surface area contributed by atoms with Crippen LogP contribution >= 0.6 is 0 Å². The molecule has 0 spiro atoms. The maximum atomic E-state index is 12.8. The van der Waals surface area contributed by atoms with Gasteiger partial charge in [-0.15, -0.1) is 0 Å². The molecule has 0 aromatic carbocycles. The van der Waals surface area contributed by atoms with Crippen LogP contribution in [0, 0.1) is 5.95 Å². The average molecular weight is 287 g/mol. The van der Waals surface area contributed by atoms with E-state index in [2.05, 4.69) is 19.9 Å². The van der Waals surface area contributed by atoms with E-state index < -0.39 is 5.95 Å². The maximum Gasteiger partial charge on any atom is 0.255 e. The van der Waals surface area contributed by atoms with E-state index in [4.69, 9.17) is 0 Å². The van der Waals surface area contributed by atoms with Crippen molar-refractivity contribution < 1.29 is 9.18 Å². The average Bonchev–Trinajstić information content (AvgIpc) is 2.56. The van der Waals surface area contributed by atoms with Crippen LogP contribution in [0.25, 0.3) is 0 Å². The fraction of sp³-hybridized carbons (Fsp3) is 0.286. The van der Waals surface area contributed by atoms with Crippen LogP contribution in [0.4, 0.5) is 10.2 Å². The van der Waals surface area contributed by atoms with E-state index in [0.717, 1.165) is 5.82 Å². The Hall–Kier alpha value is -2.57. The van der Waals surface area contributed by atoms with Gasteiger partial charge in [0.25, 0.3) is 5.91 Å². The predicted molar refractivity (Wildman–Crippen MR) is 74.3 cm³/mol. The monoisotopic (exact) mass is 287 g/mol. The molecule has 7 heteroatoms. The summed E-state index contributed by atoms with van der Waals surface area (Å²) in [5.74, 6) is 0.105. The van der Waals surface area contributed by atoms with E-state index in [9.17, 15) is 9.18 Å². The summed E-state index contributed by atoms with van der Waals surface area (Å²) in [6.07, 6.45) is 6.26. The lowest BCUT2D eigenvalue weighted by Crippen LogP contribution is -2.49. The van der Waals surface area contributed by atoms with Crippen molar-refractivity contribution in [3.63, 3.8) is 0 Å². The molecule has 0 atom stereocenters. The molecule has 21 heavy (non-hydrogen) atoms. The third kappa shape index (κ3) is 2.96. The standard InChI is InChI=1S/C14H14FN5O/c15-12-2-1-11(9-18-12)14(21)20-7-5-19(6-8-20)13-10-16-3-4-17-13/h1-4,9-10H,5-8H2. The Morgan fingerprint density at radius 3 is 2.48 bits per heavy atom. The molecule has 0 N–H and O–H groups in total. The van der Waals surface area contributed by atoms with E-state index in [1.54, 1.807) is 23.5 Å². The fourth-order valence-electron chi connectivity index (χ4n) is 2.28. The molecule has 1 aliphatic heterocycles.